The summed E-state index contributed by atoms with van der Waals surface area (Å²) in [6.07, 6.45) is 0.794. The largest absolute Gasteiger partial charge is 0.218 e. The molecule has 0 aliphatic rings. The number of sulfone groups is 1. The van der Waals surface area contributed by atoms with Crippen molar-refractivity contribution in [2.24, 2.45) is 0 Å². The molecule has 0 heterocycles. The summed E-state index contributed by atoms with van der Waals surface area (Å²) in [6.45, 7) is 0. The first-order chi connectivity index (χ1) is 10.3. The van der Waals surface area contributed by atoms with Crippen LogP contribution in [-0.4, -0.2) is 8.42 Å². The Labute approximate surface area is 131 Å². The number of nitriles is 1. The van der Waals surface area contributed by atoms with Gasteiger partial charge in [0.15, 0.2) is 0 Å². The first kappa shape index (κ1) is 16.1. The number of benzene rings is 2. The number of nitrogens with zero attached hydrogens (tertiary/aromatic N) is 1. The fourth-order valence-electron chi connectivity index (χ4n) is 1.68. The molecule has 0 aromatic heterocycles. The molecule has 0 unspecified atom stereocenters. The van der Waals surface area contributed by atoms with Gasteiger partial charge in [0.2, 0.25) is 9.84 Å². The van der Waals surface area contributed by atoms with Crippen molar-refractivity contribution in [3.05, 3.63) is 69.6 Å². The number of hydrogen-bond donors (Lipinski definition) is 0. The highest BCUT2D eigenvalue weighted by Gasteiger charge is 2.21. The molecule has 7 heteroatoms. The first-order valence-electron chi connectivity index (χ1n) is 5.92. The number of rotatable bonds is 3. The van der Waals surface area contributed by atoms with Gasteiger partial charge in [0.25, 0.3) is 0 Å². The third-order valence-electron chi connectivity index (χ3n) is 2.77. The topological polar surface area (TPSA) is 57.9 Å². The second-order valence-corrected chi connectivity index (χ2v) is 6.60. The van der Waals surface area contributed by atoms with Crippen molar-refractivity contribution in [1.29, 1.82) is 5.26 Å². The molecule has 2 rings (SSSR count). The van der Waals surface area contributed by atoms with Crippen molar-refractivity contribution in [3.8, 4) is 6.07 Å². The zero-order valence-electron chi connectivity index (χ0n) is 10.9. The predicted molar refractivity (Wildman–Crippen MR) is 78.6 cm³/mol. The van der Waals surface area contributed by atoms with Gasteiger partial charge in [-0.15, -0.1) is 0 Å². The average molecular weight is 340 g/mol. The average Bonchev–Trinajstić information content (AvgIpc) is 2.48. The molecule has 3 nitrogen and oxygen atoms in total. The molecule has 0 saturated heterocycles. The molecule has 0 amide bonds. The summed E-state index contributed by atoms with van der Waals surface area (Å²) in [5, 5.41) is 9.39. The van der Waals surface area contributed by atoms with Gasteiger partial charge in [-0.25, -0.2) is 17.2 Å². The van der Waals surface area contributed by atoms with E-state index in [1.807, 2.05) is 0 Å². The minimum atomic E-state index is -4.14. The third kappa shape index (κ3) is 3.32. The van der Waals surface area contributed by atoms with Crippen LogP contribution in [0.1, 0.15) is 5.56 Å². The molecule has 0 N–H and O–H groups in total. The van der Waals surface area contributed by atoms with Gasteiger partial charge >= 0.3 is 0 Å². The van der Waals surface area contributed by atoms with Crippen molar-refractivity contribution in [2.75, 3.05) is 0 Å². The Balaban J connectivity index is 2.56. The van der Waals surface area contributed by atoms with Crippen molar-refractivity contribution in [1.82, 2.24) is 0 Å². The van der Waals surface area contributed by atoms with Crippen molar-refractivity contribution < 1.29 is 17.2 Å². The summed E-state index contributed by atoms with van der Waals surface area (Å²) in [5.74, 6) is -1.57. The Hall–Kier alpha value is -2.23. The normalized spacial score (nSPS) is 12.0. The van der Waals surface area contributed by atoms with Crippen molar-refractivity contribution >= 4 is 27.5 Å². The van der Waals surface area contributed by atoms with Gasteiger partial charge in [-0.05, 0) is 48.5 Å². The molecule has 112 valence electrons. The van der Waals surface area contributed by atoms with Gasteiger partial charge in [0.1, 0.15) is 22.6 Å². The summed E-state index contributed by atoms with van der Waals surface area (Å²) in [7, 11) is -4.14. The van der Waals surface area contributed by atoms with Crippen LogP contribution in [0.15, 0.2) is 52.3 Å². The van der Waals surface area contributed by atoms with E-state index in [9.17, 15) is 17.2 Å². The summed E-state index contributed by atoms with van der Waals surface area (Å²) < 4.78 is 51.3. The molecule has 0 spiro atoms. The maximum absolute atomic E-state index is 13.6. The lowest BCUT2D eigenvalue weighted by Gasteiger charge is -2.04. The monoisotopic (exact) mass is 339 g/mol. The van der Waals surface area contributed by atoms with Gasteiger partial charge in [-0.2, -0.15) is 5.26 Å². The quantitative estimate of drug-likeness (QED) is 0.795. The lowest BCUT2D eigenvalue weighted by atomic mass is 10.2. The highest BCUT2D eigenvalue weighted by molar-refractivity contribution is 7.95. The summed E-state index contributed by atoms with van der Waals surface area (Å²) in [6, 6.07) is 9.22. The zero-order chi connectivity index (χ0) is 16.3. The van der Waals surface area contributed by atoms with Gasteiger partial charge < -0.3 is 0 Å². The van der Waals surface area contributed by atoms with Gasteiger partial charge in [0.05, 0.1) is 4.90 Å². The summed E-state index contributed by atoms with van der Waals surface area (Å²) in [4.78, 5) is -0.860. The predicted octanol–water partition coefficient (Wildman–Crippen LogP) is 3.96. The van der Waals surface area contributed by atoms with Gasteiger partial charge in [-0.3, -0.25) is 0 Å². The standard InChI is InChI=1S/C15H8ClF2NO2S/c16-11-1-4-13(5-2-11)22(20,21)14(9-19)8-10-7-12(17)3-6-15(10)18/h1-8H. The molecule has 2 aromatic rings. The van der Waals surface area contributed by atoms with Crippen LogP contribution < -0.4 is 0 Å². The minimum Gasteiger partial charge on any atom is -0.218 e. The van der Waals surface area contributed by atoms with Crippen molar-refractivity contribution in [3.63, 3.8) is 0 Å². The van der Waals surface area contributed by atoms with E-state index in [0.29, 0.717) is 5.02 Å². The fraction of sp³-hybridized carbons (Fsp3) is 0. The highest BCUT2D eigenvalue weighted by Crippen LogP contribution is 2.23. The van der Waals surface area contributed by atoms with Crippen LogP contribution in [0.5, 0.6) is 0 Å². The molecule has 2 aromatic carbocycles. The SMILES string of the molecule is N#CC(=Cc1cc(F)ccc1F)S(=O)(=O)c1ccc(Cl)cc1. The fourth-order valence-corrected chi connectivity index (χ4v) is 2.95. The van der Waals surface area contributed by atoms with E-state index in [0.717, 1.165) is 24.3 Å². The molecule has 0 aliphatic carbocycles. The van der Waals surface area contributed by atoms with Crippen LogP contribution in [0.2, 0.25) is 5.02 Å². The Kier molecular flexibility index (Phi) is 4.59. The van der Waals surface area contributed by atoms with Crippen LogP contribution in [-0.2, 0) is 9.84 Å². The van der Waals surface area contributed by atoms with E-state index in [1.54, 1.807) is 0 Å². The van der Waals surface area contributed by atoms with E-state index in [-0.39, 0.29) is 10.5 Å². The maximum Gasteiger partial charge on any atom is 0.216 e. The van der Waals surface area contributed by atoms with Gasteiger partial charge in [0, 0.05) is 10.6 Å². The van der Waals surface area contributed by atoms with Crippen molar-refractivity contribution in [2.45, 2.75) is 4.90 Å². The number of hydrogen-bond acceptors (Lipinski definition) is 3. The lowest BCUT2D eigenvalue weighted by molar-refractivity contribution is 0.597. The van der Waals surface area contributed by atoms with Crippen LogP contribution in [0.4, 0.5) is 8.78 Å². The number of halogens is 3. The Morgan fingerprint density at radius 1 is 1.14 bits per heavy atom. The molecule has 0 radical (unpaired) electrons. The van der Waals surface area contributed by atoms with Crippen LogP contribution in [0.25, 0.3) is 6.08 Å². The molecule has 0 aliphatic heterocycles. The van der Waals surface area contributed by atoms with E-state index < -0.39 is 26.4 Å². The molecule has 22 heavy (non-hydrogen) atoms. The summed E-state index contributed by atoms with van der Waals surface area (Å²) >= 11 is 5.68. The molecule has 0 atom stereocenters. The number of allylic oxidation sites excluding steroid dienone is 1. The van der Waals surface area contributed by atoms with E-state index in [4.69, 9.17) is 16.9 Å². The lowest BCUT2D eigenvalue weighted by Crippen LogP contribution is -2.03. The molecular weight excluding hydrogens is 332 g/mol. The highest BCUT2D eigenvalue weighted by atomic mass is 35.5. The molecular formula is C15H8ClF2NO2S. The molecule has 0 saturated carbocycles. The van der Waals surface area contributed by atoms with E-state index >= 15 is 0 Å². The zero-order valence-corrected chi connectivity index (χ0v) is 12.5. The van der Waals surface area contributed by atoms with E-state index in [1.165, 1.54) is 30.3 Å². The molecule has 0 fully saturated rings. The third-order valence-corrected chi connectivity index (χ3v) is 4.70. The Morgan fingerprint density at radius 3 is 2.36 bits per heavy atom. The molecule has 0 bridgehead atoms. The first-order valence-corrected chi connectivity index (χ1v) is 7.78. The summed E-state index contributed by atoms with van der Waals surface area (Å²) in [5.41, 5.74) is -0.325. The Bertz CT molecular complexity index is 885. The second-order valence-electron chi connectivity index (χ2n) is 4.24. The smallest absolute Gasteiger partial charge is 0.216 e. The second kappa shape index (κ2) is 6.26. The maximum atomic E-state index is 13.6. The van der Waals surface area contributed by atoms with Crippen LogP contribution in [0.3, 0.4) is 0 Å². The minimum absolute atomic E-state index is 0.165. The van der Waals surface area contributed by atoms with E-state index in [2.05, 4.69) is 0 Å². The van der Waals surface area contributed by atoms with Crippen LogP contribution in [0, 0.1) is 23.0 Å². The Morgan fingerprint density at radius 2 is 1.77 bits per heavy atom. The van der Waals surface area contributed by atoms with Gasteiger partial charge in [-0.1, -0.05) is 11.6 Å². The van der Waals surface area contributed by atoms with Crippen LogP contribution >= 0.6 is 11.6 Å².